The van der Waals surface area contributed by atoms with E-state index >= 15 is 0 Å². The van der Waals surface area contributed by atoms with Crippen molar-refractivity contribution in [2.45, 2.75) is 32.1 Å². The Balaban J connectivity index is 1.84. The Bertz CT molecular complexity index is 636. The maximum Gasteiger partial charge on any atom is 0.410 e. The van der Waals surface area contributed by atoms with Crippen LogP contribution >= 0.6 is 0 Å². The van der Waals surface area contributed by atoms with Gasteiger partial charge in [-0.2, -0.15) is 0 Å². The molecule has 0 unspecified atom stereocenters. The molecule has 1 aromatic carbocycles. The van der Waals surface area contributed by atoms with Gasteiger partial charge >= 0.3 is 12.1 Å². The number of hydrogen-bond donors (Lipinski definition) is 1. The highest BCUT2D eigenvalue weighted by molar-refractivity contribution is 5.86. The van der Waals surface area contributed by atoms with Gasteiger partial charge in [-0.05, 0) is 12.5 Å². The maximum absolute atomic E-state index is 12.4. The number of aliphatic hydroxyl groups excluding tert-OH is 1. The van der Waals surface area contributed by atoms with Crippen molar-refractivity contribution < 1.29 is 29.0 Å². The highest BCUT2D eigenvalue weighted by Crippen LogP contribution is 2.14. The van der Waals surface area contributed by atoms with Gasteiger partial charge < -0.3 is 19.5 Å². The molecule has 1 heterocycles. The summed E-state index contributed by atoms with van der Waals surface area (Å²) in [5.74, 6) is -0.974. The summed E-state index contributed by atoms with van der Waals surface area (Å²) in [6.45, 7) is 2.64. The van der Waals surface area contributed by atoms with E-state index in [1.807, 2.05) is 30.3 Å². The second-order valence-electron chi connectivity index (χ2n) is 6.06. The fourth-order valence-corrected chi connectivity index (χ4v) is 2.74. The summed E-state index contributed by atoms with van der Waals surface area (Å²) in [6, 6.07) is 8.64. The first-order valence-electron chi connectivity index (χ1n) is 8.46. The number of nitrogens with zero attached hydrogens (tertiary/aromatic N) is 2. The lowest BCUT2D eigenvalue weighted by Gasteiger charge is -2.38. The van der Waals surface area contributed by atoms with Crippen molar-refractivity contribution in [3.8, 4) is 0 Å². The number of amides is 2. The highest BCUT2D eigenvalue weighted by Gasteiger charge is 2.35. The van der Waals surface area contributed by atoms with Gasteiger partial charge in [-0.25, -0.2) is 9.59 Å². The molecule has 1 saturated heterocycles. The molecule has 0 radical (unpaired) electrons. The molecule has 1 aliphatic heterocycles. The van der Waals surface area contributed by atoms with Crippen molar-refractivity contribution >= 4 is 18.0 Å². The van der Waals surface area contributed by atoms with Crippen molar-refractivity contribution in [3.63, 3.8) is 0 Å². The molecule has 0 aliphatic carbocycles. The normalized spacial score (nSPS) is 18.4. The molecule has 26 heavy (non-hydrogen) atoms. The van der Waals surface area contributed by atoms with Crippen LogP contribution in [0.15, 0.2) is 30.3 Å². The number of aliphatic hydroxyl groups is 1. The third-order valence-electron chi connectivity index (χ3n) is 4.33. The highest BCUT2D eigenvalue weighted by atomic mass is 16.6. The lowest BCUT2D eigenvalue weighted by atomic mass is 10.1. The minimum atomic E-state index is -1.27. The van der Waals surface area contributed by atoms with Gasteiger partial charge in [0.1, 0.15) is 12.6 Å². The predicted molar refractivity (Wildman–Crippen MR) is 92.0 cm³/mol. The van der Waals surface area contributed by atoms with Crippen molar-refractivity contribution in [3.05, 3.63) is 35.9 Å². The minimum absolute atomic E-state index is 0.0869. The maximum atomic E-state index is 12.4. The molecule has 1 N–H and O–H groups in total. The number of methoxy groups -OCH3 is 1. The summed E-state index contributed by atoms with van der Waals surface area (Å²) < 4.78 is 9.73. The van der Waals surface area contributed by atoms with Crippen LogP contribution in [-0.4, -0.2) is 71.8 Å². The topological polar surface area (TPSA) is 96.4 Å². The van der Waals surface area contributed by atoms with Crippen LogP contribution in [0.1, 0.15) is 18.9 Å². The molecule has 1 aliphatic rings. The third kappa shape index (κ3) is 4.95. The molecule has 142 valence electrons. The Morgan fingerprint density at radius 1 is 1.27 bits per heavy atom. The van der Waals surface area contributed by atoms with E-state index < -0.39 is 24.2 Å². The van der Waals surface area contributed by atoms with Gasteiger partial charge in [0.15, 0.2) is 6.10 Å². The van der Waals surface area contributed by atoms with E-state index in [9.17, 15) is 19.5 Å². The Labute approximate surface area is 152 Å². The SMILES string of the molecule is COC(=O)[C@H](O)CCN1CCN(C(=O)OCc2ccccc2)[C@@H](C)C1=O. The fraction of sp³-hybridized carbons (Fsp3) is 0.500. The number of ether oxygens (including phenoxy) is 2. The standard InChI is InChI=1S/C18H24N2O6/c1-13-16(22)19(9-8-15(21)17(23)25-2)10-11-20(13)18(24)26-12-14-6-4-3-5-7-14/h3-7,13,15,21H,8-12H2,1-2H3/t13-,15+/m0/s1. The van der Waals surface area contributed by atoms with Crippen molar-refractivity contribution in [2.75, 3.05) is 26.7 Å². The Morgan fingerprint density at radius 3 is 2.62 bits per heavy atom. The molecule has 0 saturated carbocycles. The second-order valence-corrected chi connectivity index (χ2v) is 6.06. The number of rotatable bonds is 6. The Kier molecular flexibility index (Phi) is 6.97. The van der Waals surface area contributed by atoms with Crippen LogP contribution in [0, 0.1) is 0 Å². The van der Waals surface area contributed by atoms with Crippen molar-refractivity contribution in [1.29, 1.82) is 0 Å². The molecule has 0 aromatic heterocycles. The monoisotopic (exact) mass is 364 g/mol. The summed E-state index contributed by atoms with van der Waals surface area (Å²) in [4.78, 5) is 38.8. The molecule has 1 fully saturated rings. The van der Waals surface area contributed by atoms with E-state index in [1.54, 1.807) is 6.92 Å². The number of carbonyl (C=O) groups excluding carboxylic acids is 3. The van der Waals surface area contributed by atoms with Gasteiger partial charge in [0, 0.05) is 26.1 Å². The lowest BCUT2D eigenvalue weighted by molar-refractivity contribution is -0.152. The fourth-order valence-electron chi connectivity index (χ4n) is 2.74. The van der Waals surface area contributed by atoms with Crippen LogP contribution in [0.3, 0.4) is 0 Å². The number of esters is 1. The molecular weight excluding hydrogens is 340 g/mol. The number of hydrogen-bond acceptors (Lipinski definition) is 6. The zero-order valence-electron chi connectivity index (χ0n) is 15.0. The molecule has 8 heteroatoms. The lowest BCUT2D eigenvalue weighted by Crippen LogP contribution is -2.58. The first-order valence-corrected chi connectivity index (χ1v) is 8.46. The molecule has 0 spiro atoms. The first-order chi connectivity index (χ1) is 12.4. The number of carbonyl (C=O) groups is 3. The molecule has 8 nitrogen and oxygen atoms in total. The van der Waals surface area contributed by atoms with Gasteiger partial charge in [-0.1, -0.05) is 30.3 Å². The zero-order valence-corrected chi connectivity index (χ0v) is 15.0. The van der Waals surface area contributed by atoms with Crippen LogP contribution in [0.5, 0.6) is 0 Å². The van der Waals surface area contributed by atoms with Crippen molar-refractivity contribution in [2.24, 2.45) is 0 Å². The Hall–Kier alpha value is -2.61. The van der Waals surface area contributed by atoms with Gasteiger partial charge in [0.2, 0.25) is 5.91 Å². The minimum Gasteiger partial charge on any atom is -0.467 e. The molecule has 2 atom stereocenters. The Morgan fingerprint density at radius 2 is 1.96 bits per heavy atom. The summed E-state index contributed by atoms with van der Waals surface area (Å²) in [7, 11) is 1.19. The largest absolute Gasteiger partial charge is 0.467 e. The van der Waals surface area contributed by atoms with Crippen LogP contribution < -0.4 is 0 Å². The average molecular weight is 364 g/mol. The van der Waals surface area contributed by atoms with Crippen molar-refractivity contribution in [1.82, 2.24) is 9.80 Å². The van der Waals surface area contributed by atoms with E-state index in [4.69, 9.17) is 4.74 Å². The van der Waals surface area contributed by atoms with E-state index in [1.165, 1.54) is 16.9 Å². The van der Waals surface area contributed by atoms with E-state index in [0.29, 0.717) is 13.1 Å². The number of piperazine rings is 1. The zero-order chi connectivity index (χ0) is 19.1. The van der Waals surface area contributed by atoms with E-state index in [2.05, 4.69) is 4.74 Å². The second kappa shape index (κ2) is 9.19. The van der Waals surface area contributed by atoms with Crippen LogP contribution in [0.4, 0.5) is 4.79 Å². The molecule has 2 rings (SSSR count). The molecular formula is C18H24N2O6. The molecule has 0 bridgehead atoms. The van der Waals surface area contributed by atoms with E-state index in [0.717, 1.165) is 5.56 Å². The van der Waals surface area contributed by atoms with E-state index in [-0.39, 0.29) is 25.5 Å². The molecule has 2 amide bonds. The van der Waals surface area contributed by atoms with Gasteiger partial charge in [0.05, 0.1) is 7.11 Å². The summed E-state index contributed by atoms with van der Waals surface area (Å²) >= 11 is 0. The summed E-state index contributed by atoms with van der Waals surface area (Å²) in [6.07, 6.45) is -1.72. The molecule has 1 aromatic rings. The van der Waals surface area contributed by atoms with Crippen LogP contribution in [0.2, 0.25) is 0 Å². The number of benzene rings is 1. The van der Waals surface area contributed by atoms with Gasteiger partial charge in [0.25, 0.3) is 0 Å². The van der Waals surface area contributed by atoms with Gasteiger partial charge in [-0.3, -0.25) is 9.69 Å². The quantitative estimate of drug-likeness (QED) is 0.750. The van der Waals surface area contributed by atoms with Crippen LogP contribution in [-0.2, 0) is 25.7 Å². The van der Waals surface area contributed by atoms with Gasteiger partial charge in [-0.15, -0.1) is 0 Å². The first kappa shape index (κ1) is 19.7. The summed E-state index contributed by atoms with van der Waals surface area (Å²) in [5.41, 5.74) is 0.871. The smallest absolute Gasteiger partial charge is 0.410 e. The predicted octanol–water partition coefficient (Wildman–Crippen LogP) is 0.780. The summed E-state index contributed by atoms with van der Waals surface area (Å²) in [5, 5.41) is 9.62. The third-order valence-corrected chi connectivity index (χ3v) is 4.33. The average Bonchev–Trinajstić information content (AvgIpc) is 2.67. The van der Waals surface area contributed by atoms with Crippen LogP contribution in [0.25, 0.3) is 0 Å².